The summed E-state index contributed by atoms with van der Waals surface area (Å²) in [6.07, 6.45) is 7.61. The van der Waals surface area contributed by atoms with Crippen molar-refractivity contribution >= 4 is 33.4 Å². The number of aliphatic hydroxyl groups excluding tert-OH is 6. The number of allylic oxidation sites excluding steroid dienone is 8. The number of phosphoric ester groups is 2. The molecule has 0 aromatic rings. The fourth-order valence-corrected chi connectivity index (χ4v) is 9.09. The van der Waals surface area contributed by atoms with Crippen LogP contribution in [0.1, 0.15) is 136 Å². The van der Waals surface area contributed by atoms with E-state index in [1.54, 1.807) is 6.08 Å². The summed E-state index contributed by atoms with van der Waals surface area (Å²) in [6, 6.07) is 0. The van der Waals surface area contributed by atoms with Gasteiger partial charge in [0, 0.05) is 25.2 Å². The number of carbonyl (C=O) groups excluding carboxylic acids is 3. The monoisotopic (exact) mass is 1010 g/mol. The third kappa shape index (κ3) is 25.4. The number of ketones is 1. The third-order valence-corrected chi connectivity index (χ3v) is 12.9. The first-order valence-electron chi connectivity index (χ1n) is 23.9. The van der Waals surface area contributed by atoms with Crippen LogP contribution in [0.15, 0.2) is 60.8 Å². The van der Waals surface area contributed by atoms with Crippen molar-refractivity contribution in [3.63, 3.8) is 0 Å². The Morgan fingerprint density at radius 3 is 2.13 bits per heavy atom. The molecule has 1 aliphatic heterocycles. The summed E-state index contributed by atoms with van der Waals surface area (Å²) < 4.78 is 52.0. The minimum atomic E-state index is -5.80. The molecule has 1 aliphatic carbocycles. The van der Waals surface area contributed by atoms with Crippen molar-refractivity contribution in [2.45, 2.75) is 191 Å². The maximum Gasteiger partial charge on any atom is 0.472 e. The fourth-order valence-electron chi connectivity index (χ4n) is 7.56. The minimum Gasteiger partial charge on any atom is -0.462 e. The van der Waals surface area contributed by atoms with Crippen LogP contribution in [0, 0.1) is 11.8 Å². The van der Waals surface area contributed by atoms with Gasteiger partial charge in [-0.15, -0.1) is 0 Å². The van der Waals surface area contributed by atoms with Crippen molar-refractivity contribution in [2.75, 3.05) is 13.2 Å². The summed E-state index contributed by atoms with van der Waals surface area (Å²) in [5.74, 6) is -5.87. The lowest BCUT2D eigenvalue weighted by atomic mass is 9.83. The average molecular weight is 1010 g/mol. The molecule has 21 heteroatoms. The summed E-state index contributed by atoms with van der Waals surface area (Å²) in [5, 5.41) is 68.0. The molecule has 2 bridgehead atoms. The summed E-state index contributed by atoms with van der Waals surface area (Å²) in [4.78, 5) is 70.6. The maximum atomic E-state index is 13.9. The predicted octanol–water partition coefficient (Wildman–Crippen LogP) is 5.65. The molecule has 390 valence electrons. The Kier molecular flexibility index (Phi) is 30.5. The fraction of sp³-hybridized carbons (Fsp3) is 0.723. The smallest absolute Gasteiger partial charge is 0.462 e. The Hall–Kier alpha value is -2.71. The van der Waals surface area contributed by atoms with E-state index >= 15 is 0 Å². The molecular weight excluding hydrogens is 930 g/mol. The highest BCUT2D eigenvalue weighted by atomic mass is 31.2. The first-order chi connectivity index (χ1) is 32.3. The first-order valence-corrected chi connectivity index (χ1v) is 27.0. The van der Waals surface area contributed by atoms with Crippen LogP contribution < -0.4 is 0 Å². The van der Waals surface area contributed by atoms with Crippen LogP contribution >= 0.6 is 15.6 Å². The number of aliphatic hydroxyl groups is 6. The van der Waals surface area contributed by atoms with Gasteiger partial charge in [0.15, 0.2) is 6.10 Å². The molecule has 2 aliphatic rings. The normalized spacial score (nSPS) is 31.2. The molecule has 19 nitrogen and oxygen atoms in total. The molecule has 12 atom stereocenters. The van der Waals surface area contributed by atoms with Crippen LogP contribution in [0.4, 0.5) is 0 Å². The van der Waals surface area contributed by atoms with Crippen LogP contribution in [-0.4, -0.2) is 131 Å². The lowest BCUT2D eigenvalue weighted by molar-refractivity contribution is -0.165. The van der Waals surface area contributed by atoms with Gasteiger partial charge in [0.1, 0.15) is 36.8 Å². The molecule has 1 saturated carbocycles. The van der Waals surface area contributed by atoms with Gasteiger partial charge < -0.3 is 54.8 Å². The standard InChI is InChI=1S/C47H78O19P2/c1-3-5-7-8-9-10-11-12-13-14-15-16-17-18-24-28-41(52)64-35-32-62-40(51)27-23-20-19-22-26-36-38(49)31-39(50)37(30-29-34(48)25-21-6-4-2)43(54)46(65-67(57,58)59)47(45(56)44(55)42(36)53)66-68(60,61)63-33-35/h9-10,12-13,15-16,19,22,29-30,34-38,42-49,53-56H,3-8,11,14,17-18,20-21,23-28,31-33H2,1-2H3,(H,60,61)(H2,57,58,59)/b10-9-,13-12-,16-15-,22-19-,30-29+/t34-,35+,36-,37-,38-,42+,43+,44-,45+,46+,47-/m0/s1. The number of fused-ring (bicyclic) bond motifs is 4. The molecule has 0 aromatic carbocycles. The Morgan fingerprint density at radius 1 is 0.853 bits per heavy atom. The molecular formula is C47H78O19P2. The summed E-state index contributed by atoms with van der Waals surface area (Å²) >= 11 is 0. The second kappa shape index (κ2) is 33.8. The summed E-state index contributed by atoms with van der Waals surface area (Å²) in [6.45, 7) is 2.46. The van der Waals surface area contributed by atoms with E-state index in [0.29, 0.717) is 25.7 Å². The van der Waals surface area contributed by atoms with Gasteiger partial charge in [-0.3, -0.25) is 28.0 Å². The van der Waals surface area contributed by atoms with Gasteiger partial charge in [-0.2, -0.15) is 0 Å². The second-order valence-electron chi connectivity index (χ2n) is 17.3. The average Bonchev–Trinajstić information content (AvgIpc) is 3.28. The maximum absolute atomic E-state index is 13.9. The summed E-state index contributed by atoms with van der Waals surface area (Å²) in [7, 11) is -11.5. The Morgan fingerprint density at radius 2 is 1.49 bits per heavy atom. The van der Waals surface area contributed by atoms with E-state index in [2.05, 4.69) is 31.2 Å². The zero-order valence-corrected chi connectivity index (χ0v) is 41.3. The highest BCUT2D eigenvalue weighted by molar-refractivity contribution is 7.47. The number of hydrogen-bond donors (Lipinski definition) is 9. The zero-order chi connectivity index (χ0) is 50.5. The Labute approximate surface area is 400 Å². The first kappa shape index (κ1) is 61.4. The highest BCUT2D eigenvalue weighted by Crippen LogP contribution is 2.49. The van der Waals surface area contributed by atoms with Crippen LogP contribution in [0.25, 0.3) is 0 Å². The molecule has 0 aromatic heterocycles. The quantitative estimate of drug-likeness (QED) is 0.0274. The third-order valence-electron chi connectivity index (χ3n) is 11.4. The van der Waals surface area contributed by atoms with Crippen molar-refractivity contribution in [3.8, 4) is 0 Å². The van der Waals surface area contributed by atoms with E-state index in [1.807, 2.05) is 19.1 Å². The molecule has 68 heavy (non-hydrogen) atoms. The molecule has 0 spiro atoms. The molecule has 1 heterocycles. The van der Waals surface area contributed by atoms with Crippen molar-refractivity contribution in [3.05, 3.63) is 60.8 Å². The lowest BCUT2D eigenvalue weighted by Crippen LogP contribution is -2.56. The minimum absolute atomic E-state index is 0.0873. The number of cyclic esters (lactones) is 1. The number of Topliss-reactive ketones (excluding diaryl/α,β-unsaturated/α-hetero) is 1. The van der Waals surface area contributed by atoms with Crippen molar-refractivity contribution < 1.29 is 91.9 Å². The topological polar surface area (TPSA) is 314 Å². The molecule has 9 N–H and O–H groups in total. The van der Waals surface area contributed by atoms with Gasteiger partial charge in [0.25, 0.3) is 0 Å². The Bertz CT molecular complexity index is 1710. The van der Waals surface area contributed by atoms with Gasteiger partial charge >= 0.3 is 27.6 Å². The van der Waals surface area contributed by atoms with Crippen LogP contribution in [-0.2, 0) is 46.6 Å². The van der Waals surface area contributed by atoms with Crippen molar-refractivity contribution in [2.24, 2.45) is 11.8 Å². The largest absolute Gasteiger partial charge is 0.472 e. The second-order valence-corrected chi connectivity index (χ2v) is 19.9. The molecule has 0 radical (unpaired) electrons. The summed E-state index contributed by atoms with van der Waals surface area (Å²) in [5.41, 5.74) is 0. The van der Waals surface area contributed by atoms with Crippen molar-refractivity contribution in [1.82, 2.24) is 0 Å². The van der Waals surface area contributed by atoms with Crippen LogP contribution in [0.2, 0.25) is 0 Å². The van der Waals surface area contributed by atoms with E-state index < -0.39 is 120 Å². The number of ether oxygens (including phenoxy) is 2. The van der Waals surface area contributed by atoms with Crippen molar-refractivity contribution in [1.29, 1.82) is 0 Å². The van der Waals surface area contributed by atoms with E-state index in [0.717, 1.165) is 44.3 Å². The number of unbranched alkanes of at least 4 members (excludes halogenated alkanes) is 7. The van der Waals surface area contributed by atoms with E-state index in [4.69, 9.17) is 23.0 Å². The van der Waals surface area contributed by atoms with Gasteiger partial charge in [0.05, 0.1) is 36.9 Å². The molecule has 2 rings (SSSR count). The van der Waals surface area contributed by atoms with E-state index in [-0.39, 0.29) is 38.5 Å². The SMILES string of the molecule is CCCCC/C=C\C/C=C\C/C=C\CCCCC(=O)O[C@@H]1COC(=O)CCC/C=C\C[C@@H]2[C@@H](O)[C@H](O)[C@@H](O)[C@H](OP(=O)(O)OC1)[C@H](OP(=O)(O)O)[C@H](O)[C@@H](/C=C/[C@@H](O)CCCCC)C(=O)C[C@@H]2O. The number of hydrogen-bond acceptors (Lipinski definition) is 16. The van der Waals surface area contributed by atoms with Gasteiger partial charge in [0.2, 0.25) is 0 Å². The van der Waals surface area contributed by atoms with Gasteiger partial charge in [-0.05, 0) is 70.6 Å². The molecule has 1 fully saturated rings. The number of rotatable bonds is 22. The van der Waals surface area contributed by atoms with Gasteiger partial charge in [-0.1, -0.05) is 107 Å². The highest BCUT2D eigenvalue weighted by Gasteiger charge is 2.51. The van der Waals surface area contributed by atoms with E-state index in [1.165, 1.54) is 25.3 Å². The number of phosphoric acid groups is 2. The number of esters is 2. The Balaban J connectivity index is 2.40. The van der Waals surface area contributed by atoms with Crippen LogP contribution in [0.3, 0.4) is 0 Å². The number of carbonyl (C=O) groups is 3. The predicted molar refractivity (Wildman–Crippen MR) is 251 cm³/mol. The molecule has 0 amide bonds. The van der Waals surface area contributed by atoms with Gasteiger partial charge in [-0.25, -0.2) is 9.13 Å². The molecule has 0 saturated heterocycles. The zero-order valence-electron chi connectivity index (χ0n) is 39.5. The lowest BCUT2D eigenvalue weighted by Gasteiger charge is -2.38. The van der Waals surface area contributed by atoms with Crippen LogP contribution in [0.5, 0.6) is 0 Å². The van der Waals surface area contributed by atoms with E-state index in [9.17, 15) is 68.8 Å². The molecule has 1 unspecified atom stereocenters.